The van der Waals surface area contributed by atoms with Crippen LogP contribution in [0.4, 0.5) is 0 Å². The third kappa shape index (κ3) is 1.96. The van der Waals surface area contributed by atoms with Crippen molar-refractivity contribution in [3.63, 3.8) is 0 Å². The number of ether oxygens (including phenoxy) is 1. The third-order valence-corrected chi connectivity index (χ3v) is 7.24. The first-order valence-corrected chi connectivity index (χ1v) is 8.97. The fourth-order valence-corrected chi connectivity index (χ4v) is 5.96. The molecule has 1 aromatic rings. The first-order chi connectivity index (χ1) is 10.5. The fourth-order valence-electron chi connectivity index (χ4n) is 5.70. The molecular formula is C19H25ClO2. The van der Waals surface area contributed by atoms with Gasteiger partial charge in [-0.15, -0.1) is 0 Å². The van der Waals surface area contributed by atoms with Crippen LogP contribution >= 0.6 is 11.6 Å². The van der Waals surface area contributed by atoms with Gasteiger partial charge in [-0.25, -0.2) is 0 Å². The monoisotopic (exact) mass is 320 g/mol. The normalized spacial score (nSPS) is 39.8. The Hall–Kier alpha value is -0.730. The highest BCUT2D eigenvalue weighted by molar-refractivity contribution is 6.32. The molecule has 0 unspecified atom stereocenters. The highest BCUT2D eigenvalue weighted by atomic mass is 35.5. The van der Waals surface area contributed by atoms with Crippen molar-refractivity contribution in [3.05, 3.63) is 28.3 Å². The Balaban J connectivity index is 1.72. The minimum absolute atomic E-state index is 0.0976. The molecule has 5 atom stereocenters. The second kappa shape index (κ2) is 5.14. The zero-order chi connectivity index (χ0) is 15.5. The summed E-state index contributed by atoms with van der Waals surface area (Å²) in [7, 11) is 1.69. The molecule has 0 bridgehead atoms. The van der Waals surface area contributed by atoms with Crippen molar-refractivity contribution in [2.45, 2.75) is 57.5 Å². The lowest BCUT2D eigenvalue weighted by molar-refractivity contribution is -0.0226. The van der Waals surface area contributed by atoms with Gasteiger partial charge in [0.25, 0.3) is 0 Å². The van der Waals surface area contributed by atoms with Crippen molar-refractivity contribution < 1.29 is 9.84 Å². The average Bonchev–Trinajstić information content (AvgIpc) is 2.82. The van der Waals surface area contributed by atoms with Crippen LogP contribution in [-0.4, -0.2) is 18.3 Å². The van der Waals surface area contributed by atoms with Crippen molar-refractivity contribution in [1.82, 2.24) is 0 Å². The van der Waals surface area contributed by atoms with E-state index >= 15 is 0 Å². The highest BCUT2D eigenvalue weighted by Gasteiger charge is 2.54. The van der Waals surface area contributed by atoms with Gasteiger partial charge in [-0.3, -0.25) is 0 Å². The van der Waals surface area contributed by atoms with E-state index in [1.54, 1.807) is 7.11 Å². The zero-order valence-electron chi connectivity index (χ0n) is 13.4. The number of benzene rings is 1. The molecule has 0 radical (unpaired) electrons. The van der Waals surface area contributed by atoms with Crippen molar-refractivity contribution in [2.75, 3.05) is 7.11 Å². The maximum atomic E-state index is 10.5. The molecule has 0 spiro atoms. The van der Waals surface area contributed by atoms with E-state index < -0.39 is 0 Å². The van der Waals surface area contributed by atoms with E-state index in [1.807, 2.05) is 0 Å². The molecule has 3 aliphatic rings. The molecule has 0 amide bonds. The lowest BCUT2D eigenvalue weighted by atomic mass is 9.55. The minimum atomic E-state index is -0.0976. The Morgan fingerprint density at radius 1 is 1.23 bits per heavy atom. The van der Waals surface area contributed by atoms with E-state index in [0.717, 1.165) is 30.0 Å². The largest absolute Gasteiger partial charge is 0.495 e. The number of hydrogen-bond donors (Lipinski definition) is 1. The lowest BCUT2D eigenvalue weighted by Gasteiger charge is -2.50. The third-order valence-electron chi connectivity index (χ3n) is 6.95. The smallest absolute Gasteiger partial charge is 0.137 e. The molecule has 4 rings (SSSR count). The van der Waals surface area contributed by atoms with E-state index in [0.29, 0.717) is 17.8 Å². The number of aliphatic hydroxyl groups is 1. The minimum Gasteiger partial charge on any atom is -0.495 e. The van der Waals surface area contributed by atoms with Crippen molar-refractivity contribution >= 4 is 11.6 Å². The van der Waals surface area contributed by atoms with E-state index in [-0.39, 0.29) is 11.5 Å². The summed E-state index contributed by atoms with van der Waals surface area (Å²) in [6, 6.07) is 4.30. The Labute approximate surface area is 137 Å². The quantitative estimate of drug-likeness (QED) is 0.821. The van der Waals surface area contributed by atoms with Crippen molar-refractivity contribution in [2.24, 2.45) is 17.3 Å². The van der Waals surface area contributed by atoms with Crippen LogP contribution in [0, 0.1) is 17.3 Å². The summed E-state index contributed by atoms with van der Waals surface area (Å²) in [5.41, 5.74) is 3.02. The van der Waals surface area contributed by atoms with Gasteiger partial charge in [0.1, 0.15) is 5.75 Å². The molecular weight excluding hydrogens is 296 g/mol. The van der Waals surface area contributed by atoms with Crippen LogP contribution in [0.1, 0.15) is 56.1 Å². The molecule has 1 N–H and O–H groups in total. The molecule has 2 fully saturated rings. The highest BCUT2D eigenvalue weighted by Crippen LogP contribution is 2.61. The first kappa shape index (κ1) is 14.8. The molecule has 3 heteroatoms. The number of aryl methyl sites for hydroxylation is 1. The predicted molar refractivity (Wildman–Crippen MR) is 88.6 cm³/mol. The van der Waals surface area contributed by atoms with Gasteiger partial charge in [-0.05, 0) is 85.0 Å². The Kier molecular flexibility index (Phi) is 3.47. The van der Waals surface area contributed by atoms with Gasteiger partial charge < -0.3 is 9.84 Å². The van der Waals surface area contributed by atoms with Crippen LogP contribution in [0.25, 0.3) is 0 Å². The molecule has 0 heterocycles. The molecule has 22 heavy (non-hydrogen) atoms. The topological polar surface area (TPSA) is 29.5 Å². The molecule has 2 saturated carbocycles. The van der Waals surface area contributed by atoms with E-state index in [2.05, 4.69) is 19.1 Å². The van der Waals surface area contributed by atoms with Gasteiger partial charge in [0.2, 0.25) is 0 Å². The van der Waals surface area contributed by atoms with E-state index in [4.69, 9.17) is 16.3 Å². The summed E-state index contributed by atoms with van der Waals surface area (Å²) in [5.74, 6) is 2.82. The van der Waals surface area contributed by atoms with Gasteiger partial charge in [-0.2, -0.15) is 0 Å². The van der Waals surface area contributed by atoms with Crippen LogP contribution in [0.5, 0.6) is 5.75 Å². The molecule has 1 aromatic carbocycles. The first-order valence-electron chi connectivity index (χ1n) is 8.59. The van der Waals surface area contributed by atoms with E-state index in [9.17, 15) is 5.11 Å². The van der Waals surface area contributed by atoms with E-state index in [1.165, 1.54) is 30.4 Å². The van der Waals surface area contributed by atoms with Gasteiger partial charge in [0.05, 0.1) is 18.2 Å². The van der Waals surface area contributed by atoms with Gasteiger partial charge in [-0.1, -0.05) is 18.5 Å². The number of rotatable bonds is 1. The number of halogens is 1. The predicted octanol–water partition coefficient (Wildman–Crippen LogP) is 4.57. The summed E-state index contributed by atoms with van der Waals surface area (Å²) < 4.78 is 5.44. The number of aliphatic hydroxyl groups excluding tert-OH is 1. The molecule has 3 aliphatic carbocycles. The molecule has 0 aromatic heterocycles. The average molecular weight is 321 g/mol. The summed E-state index contributed by atoms with van der Waals surface area (Å²) >= 11 is 6.31. The Morgan fingerprint density at radius 3 is 2.82 bits per heavy atom. The van der Waals surface area contributed by atoms with Crippen LogP contribution in [0.3, 0.4) is 0 Å². The van der Waals surface area contributed by atoms with Crippen molar-refractivity contribution in [1.29, 1.82) is 0 Å². The Bertz CT molecular complexity index is 599. The fraction of sp³-hybridized carbons (Fsp3) is 0.684. The maximum Gasteiger partial charge on any atom is 0.137 e. The zero-order valence-corrected chi connectivity index (χ0v) is 14.2. The maximum absolute atomic E-state index is 10.5. The van der Waals surface area contributed by atoms with Gasteiger partial charge in [0.15, 0.2) is 0 Å². The van der Waals surface area contributed by atoms with Crippen molar-refractivity contribution in [3.8, 4) is 5.75 Å². The number of fused-ring (bicyclic) bond motifs is 5. The van der Waals surface area contributed by atoms with Crippen LogP contribution < -0.4 is 4.74 Å². The second-order valence-electron chi connectivity index (χ2n) is 7.74. The summed E-state index contributed by atoms with van der Waals surface area (Å²) in [5, 5.41) is 11.2. The standard InChI is InChI=1S/C19H25ClO2/c1-19-8-7-12-13(15(19)5-6-18(19)21)4-3-11-9-16(20)17(22-2)10-14(11)12/h9-10,12-13,15,18,21H,3-8H2,1-2H3/t12-,13+,15-,18-,19-/m0/s1. The van der Waals surface area contributed by atoms with Crippen LogP contribution in [0.15, 0.2) is 12.1 Å². The molecule has 0 saturated heterocycles. The SMILES string of the molecule is COc1cc2c(cc1Cl)CC[C@@H]1[C@@H]2CC[C@]2(C)[C@@H](O)CC[C@@H]12. The molecule has 2 nitrogen and oxygen atoms in total. The number of hydrogen-bond acceptors (Lipinski definition) is 2. The number of methoxy groups -OCH3 is 1. The van der Waals surface area contributed by atoms with Gasteiger partial charge >= 0.3 is 0 Å². The summed E-state index contributed by atoms with van der Waals surface area (Å²) in [4.78, 5) is 0. The molecule has 120 valence electrons. The summed E-state index contributed by atoms with van der Waals surface area (Å²) in [6.07, 6.45) is 6.77. The van der Waals surface area contributed by atoms with Crippen LogP contribution in [0.2, 0.25) is 5.02 Å². The lowest BCUT2D eigenvalue weighted by Crippen LogP contribution is -2.43. The summed E-state index contributed by atoms with van der Waals surface area (Å²) in [6.45, 7) is 2.32. The van der Waals surface area contributed by atoms with Crippen LogP contribution in [-0.2, 0) is 6.42 Å². The van der Waals surface area contributed by atoms with Gasteiger partial charge in [0, 0.05) is 0 Å². The Morgan fingerprint density at radius 2 is 2.05 bits per heavy atom. The molecule has 0 aliphatic heterocycles. The second-order valence-corrected chi connectivity index (χ2v) is 8.15.